The van der Waals surface area contributed by atoms with Gasteiger partial charge in [-0.15, -0.1) is 0 Å². The first-order chi connectivity index (χ1) is 17.5. The number of fused-ring (bicyclic) bond motifs is 4. The van der Waals surface area contributed by atoms with Crippen molar-refractivity contribution in [3.8, 4) is 11.1 Å². The van der Waals surface area contributed by atoms with Crippen molar-refractivity contribution in [2.75, 3.05) is 6.61 Å². The van der Waals surface area contributed by atoms with Gasteiger partial charge in [-0.3, -0.25) is 14.4 Å². The molecule has 8 heteroatoms. The second kappa shape index (κ2) is 9.14. The van der Waals surface area contributed by atoms with Crippen LogP contribution in [0.25, 0.3) is 11.1 Å². The number of hydrogen-bond donors (Lipinski definition) is 2. The van der Waals surface area contributed by atoms with E-state index in [1.165, 1.54) is 6.07 Å². The van der Waals surface area contributed by atoms with Gasteiger partial charge in [-0.2, -0.15) is 0 Å². The van der Waals surface area contributed by atoms with Crippen molar-refractivity contribution in [2.45, 2.75) is 69.6 Å². The highest BCUT2D eigenvalue weighted by molar-refractivity contribution is 5.85. The summed E-state index contributed by atoms with van der Waals surface area (Å²) in [5.74, 6) is -1.39. The molecule has 1 aromatic heterocycles. The van der Waals surface area contributed by atoms with Gasteiger partial charge in [0.25, 0.3) is 5.56 Å². The lowest BCUT2D eigenvalue weighted by Gasteiger charge is -2.38. The molecule has 6 rings (SSSR count). The largest absolute Gasteiger partial charge is 0.396 e. The third-order valence-corrected chi connectivity index (χ3v) is 8.66. The molecule has 2 amide bonds. The Balaban J connectivity index is 1.43. The Hall–Kier alpha value is -3.00. The van der Waals surface area contributed by atoms with Crippen LogP contribution in [0.4, 0.5) is 4.39 Å². The van der Waals surface area contributed by atoms with Gasteiger partial charge < -0.3 is 19.9 Å². The molecule has 4 atom stereocenters. The highest BCUT2D eigenvalue weighted by Gasteiger charge is 2.57. The normalized spacial score (nSPS) is 27.2. The van der Waals surface area contributed by atoms with E-state index in [1.54, 1.807) is 39.8 Å². The molecule has 190 valence electrons. The number of rotatable bonds is 6. The van der Waals surface area contributed by atoms with Crippen LogP contribution in [0.2, 0.25) is 0 Å². The number of aliphatic hydroxyl groups excluding tert-OH is 1. The van der Waals surface area contributed by atoms with Crippen LogP contribution in [-0.4, -0.2) is 45.1 Å². The smallest absolute Gasteiger partial charge is 0.258 e. The van der Waals surface area contributed by atoms with Crippen molar-refractivity contribution < 1.29 is 19.1 Å². The maximum Gasteiger partial charge on any atom is 0.258 e. The van der Waals surface area contributed by atoms with E-state index in [1.807, 2.05) is 0 Å². The summed E-state index contributed by atoms with van der Waals surface area (Å²) in [6.45, 7) is -0.0676. The Kier molecular flexibility index (Phi) is 5.94. The zero-order valence-electron chi connectivity index (χ0n) is 20.2. The maximum absolute atomic E-state index is 14.5. The predicted molar refractivity (Wildman–Crippen MR) is 131 cm³/mol. The highest BCUT2D eigenvalue weighted by atomic mass is 19.1. The number of carbonyl (C=O) groups is 2. The van der Waals surface area contributed by atoms with E-state index >= 15 is 0 Å². The van der Waals surface area contributed by atoms with Gasteiger partial charge in [0.2, 0.25) is 11.8 Å². The molecule has 4 aliphatic rings. The number of amides is 2. The molecule has 2 aromatic rings. The minimum absolute atomic E-state index is 0.0148. The fraction of sp³-hybridized carbons (Fsp3) is 0.536. The summed E-state index contributed by atoms with van der Waals surface area (Å²) >= 11 is 0. The van der Waals surface area contributed by atoms with Crippen LogP contribution in [0, 0.1) is 23.6 Å². The Bertz CT molecular complexity index is 1250. The summed E-state index contributed by atoms with van der Waals surface area (Å²) in [5.41, 5.74) is 0.728. The average molecular weight is 494 g/mol. The lowest BCUT2D eigenvalue weighted by atomic mass is 9.86. The fourth-order valence-corrected chi connectivity index (χ4v) is 6.67. The van der Waals surface area contributed by atoms with Crippen molar-refractivity contribution in [3.05, 3.63) is 58.3 Å². The highest BCUT2D eigenvalue weighted by Crippen LogP contribution is 2.49. The number of aromatic nitrogens is 1. The Morgan fingerprint density at radius 3 is 2.47 bits per heavy atom. The lowest BCUT2D eigenvalue weighted by Crippen LogP contribution is -2.49. The number of nitrogens with zero attached hydrogens (tertiary/aromatic N) is 2. The van der Waals surface area contributed by atoms with Crippen molar-refractivity contribution in [2.24, 2.45) is 17.8 Å². The van der Waals surface area contributed by atoms with Gasteiger partial charge in [-0.05, 0) is 49.8 Å². The second-order valence-electron chi connectivity index (χ2n) is 10.9. The maximum atomic E-state index is 14.5. The van der Waals surface area contributed by atoms with Crippen LogP contribution in [-0.2, 0) is 16.1 Å². The molecule has 2 aliphatic heterocycles. The van der Waals surface area contributed by atoms with E-state index < -0.39 is 29.7 Å². The van der Waals surface area contributed by atoms with E-state index in [4.69, 9.17) is 0 Å². The number of carbonyl (C=O) groups excluding carboxylic acids is 2. The second-order valence-corrected chi connectivity index (χ2v) is 10.9. The molecule has 36 heavy (non-hydrogen) atoms. The summed E-state index contributed by atoms with van der Waals surface area (Å²) in [5, 5.41) is 13.6. The van der Waals surface area contributed by atoms with E-state index in [2.05, 4.69) is 5.32 Å². The number of hydrogen-bond acceptors (Lipinski definition) is 4. The molecule has 0 unspecified atom stereocenters. The molecule has 2 saturated carbocycles. The minimum Gasteiger partial charge on any atom is -0.396 e. The van der Waals surface area contributed by atoms with Crippen molar-refractivity contribution in [1.29, 1.82) is 0 Å². The van der Waals surface area contributed by atoms with Crippen LogP contribution >= 0.6 is 0 Å². The summed E-state index contributed by atoms with van der Waals surface area (Å²) in [6.07, 6.45) is 6.52. The third kappa shape index (κ3) is 3.86. The van der Waals surface area contributed by atoms with Crippen molar-refractivity contribution in [3.63, 3.8) is 0 Å². The zero-order valence-corrected chi connectivity index (χ0v) is 20.2. The average Bonchev–Trinajstić information content (AvgIpc) is 3.46. The van der Waals surface area contributed by atoms with Gasteiger partial charge in [0.15, 0.2) is 0 Å². The number of nitrogens with one attached hydrogen (secondary N) is 1. The zero-order chi connectivity index (χ0) is 25.0. The topological polar surface area (TPSA) is 91.6 Å². The van der Waals surface area contributed by atoms with E-state index in [-0.39, 0.29) is 47.7 Å². The van der Waals surface area contributed by atoms with E-state index in [9.17, 15) is 23.9 Å². The monoisotopic (exact) mass is 493 g/mol. The van der Waals surface area contributed by atoms with Gasteiger partial charge in [0.1, 0.15) is 5.82 Å². The van der Waals surface area contributed by atoms with Crippen LogP contribution in [0.1, 0.15) is 56.7 Å². The van der Waals surface area contributed by atoms with Crippen LogP contribution in [0.15, 0.2) is 41.2 Å². The Morgan fingerprint density at radius 2 is 1.78 bits per heavy atom. The molecule has 2 bridgehead atoms. The van der Waals surface area contributed by atoms with E-state index in [0.29, 0.717) is 18.0 Å². The lowest BCUT2D eigenvalue weighted by molar-refractivity contribution is -0.137. The number of benzene rings is 1. The van der Waals surface area contributed by atoms with Crippen molar-refractivity contribution in [1.82, 2.24) is 14.8 Å². The standard InChI is InChI=1S/C28H32FN3O4/c29-21-8-4-3-7-18(21)19-11-12-22-26-25(27(35)30-17-5-1-2-6-17)20(15-33)23(14-31(22)28(19)36)32(26)24(34)13-16-9-10-16/h3-4,7-8,11-12,16-17,20,23,25-26,33H,1-2,5-6,9-10,13-15H2,(H,30,35)/t20-,23-,25+,26+/m1/s1. The molecular weight excluding hydrogens is 461 g/mol. The first-order valence-corrected chi connectivity index (χ1v) is 13.2. The van der Waals surface area contributed by atoms with Gasteiger partial charge in [0, 0.05) is 42.8 Å². The molecule has 1 aromatic carbocycles. The first-order valence-electron chi connectivity index (χ1n) is 13.2. The quantitative estimate of drug-likeness (QED) is 0.647. The Morgan fingerprint density at radius 1 is 1.03 bits per heavy atom. The number of aliphatic hydroxyl groups is 1. The molecular formula is C28H32FN3O4. The van der Waals surface area contributed by atoms with Crippen LogP contribution < -0.4 is 10.9 Å². The molecule has 2 N–H and O–H groups in total. The Labute approximate surface area is 209 Å². The molecule has 2 aliphatic carbocycles. The first kappa shape index (κ1) is 23.4. The van der Waals surface area contributed by atoms with Gasteiger partial charge >= 0.3 is 0 Å². The summed E-state index contributed by atoms with van der Waals surface area (Å²) < 4.78 is 16.1. The molecule has 3 fully saturated rings. The summed E-state index contributed by atoms with van der Waals surface area (Å²) in [4.78, 5) is 42.6. The fourth-order valence-electron chi connectivity index (χ4n) is 6.67. The van der Waals surface area contributed by atoms with Crippen LogP contribution in [0.3, 0.4) is 0 Å². The SMILES string of the molecule is O=C(NC1CCCC1)[C@H]1[C@H](CO)[C@H]2Cn3c(ccc(-c4ccccc4F)c3=O)[C@@H]1N2C(=O)CC1CC1. The number of halogens is 1. The predicted octanol–water partition coefficient (Wildman–Crippen LogP) is 3.00. The number of pyridine rings is 1. The van der Waals surface area contributed by atoms with Gasteiger partial charge in [-0.25, -0.2) is 4.39 Å². The molecule has 0 radical (unpaired) electrons. The van der Waals surface area contributed by atoms with E-state index in [0.717, 1.165) is 38.5 Å². The molecule has 3 heterocycles. The summed E-state index contributed by atoms with van der Waals surface area (Å²) in [7, 11) is 0. The minimum atomic E-state index is -0.642. The van der Waals surface area contributed by atoms with Gasteiger partial charge in [0.05, 0.1) is 23.6 Å². The molecule has 1 saturated heterocycles. The molecule has 0 spiro atoms. The van der Waals surface area contributed by atoms with Crippen LogP contribution in [0.5, 0.6) is 0 Å². The third-order valence-electron chi connectivity index (χ3n) is 8.66. The van der Waals surface area contributed by atoms with Crippen molar-refractivity contribution >= 4 is 11.8 Å². The summed E-state index contributed by atoms with van der Waals surface area (Å²) in [6, 6.07) is 8.56. The molecule has 7 nitrogen and oxygen atoms in total. The van der Waals surface area contributed by atoms with Gasteiger partial charge in [-0.1, -0.05) is 31.0 Å².